The summed E-state index contributed by atoms with van der Waals surface area (Å²) >= 11 is 1.36. The van der Waals surface area contributed by atoms with E-state index >= 15 is 0 Å². The number of hydrogen-bond donors (Lipinski definition) is 0. The standard InChI is InChI=1S/C31H29F4N3O5S/c1-40-29(39)18-11-23(32)27-25(12-18)44-30(36-27)38-13-17-8-9-20(10-19(17)14-38)41-15-22-26(37-43-28(22)16-6-7-16)21-4-2-3-5-24(21)42-31(33,34)35/h2-5,11-12,16-17,19-20H,6-10,13-15H2,1H3/t17-,19+,20+/m1/s1. The summed E-state index contributed by atoms with van der Waals surface area (Å²) in [5.41, 5.74) is 1.58. The van der Waals surface area contributed by atoms with Crippen LogP contribution in [0.25, 0.3) is 21.5 Å². The minimum Gasteiger partial charge on any atom is -0.465 e. The third-order valence-electron chi connectivity index (χ3n) is 8.73. The maximum Gasteiger partial charge on any atom is 0.573 e. The molecule has 1 saturated heterocycles. The van der Waals surface area contributed by atoms with E-state index in [1.807, 2.05) is 0 Å². The van der Waals surface area contributed by atoms with Crippen molar-refractivity contribution in [1.29, 1.82) is 0 Å². The number of hydrogen-bond acceptors (Lipinski definition) is 9. The number of benzene rings is 2. The highest BCUT2D eigenvalue weighted by atomic mass is 32.1. The summed E-state index contributed by atoms with van der Waals surface area (Å²) in [7, 11) is 1.26. The van der Waals surface area contributed by atoms with Gasteiger partial charge in [0.25, 0.3) is 0 Å². The van der Waals surface area contributed by atoms with Crippen LogP contribution in [0.15, 0.2) is 40.9 Å². The Morgan fingerprint density at radius 1 is 1.11 bits per heavy atom. The van der Waals surface area contributed by atoms with Crippen molar-refractivity contribution in [2.75, 3.05) is 25.1 Å². The van der Waals surface area contributed by atoms with E-state index < -0.39 is 18.1 Å². The third kappa shape index (κ3) is 5.74. The number of carbonyl (C=O) groups excluding carboxylic acids is 1. The zero-order chi connectivity index (χ0) is 30.6. The Bertz CT molecular complexity index is 1700. The second-order valence-corrected chi connectivity index (χ2v) is 12.7. The number of aromatic nitrogens is 2. The normalized spacial score (nSPS) is 21.9. The fourth-order valence-electron chi connectivity index (χ4n) is 6.46. The van der Waals surface area contributed by atoms with Crippen molar-refractivity contribution in [3.63, 3.8) is 0 Å². The summed E-state index contributed by atoms with van der Waals surface area (Å²) < 4.78 is 75.8. The van der Waals surface area contributed by atoms with Gasteiger partial charge in [-0.2, -0.15) is 0 Å². The summed E-state index contributed by atoms with van der Waals surface area (Å²) in [4.78, 5) is 18.7. The highest BCUT2D eigenvalue weighted by molar-refractivity contribution is 7.22. The summed E-state index contributed by atoms with van der Waals surface area (Å²) in [5.74, 6) is 0.161. The molecule has 2 aromatic carbocycles. The third-order valence-corrected chi connectivity index (χ3v) is 9.79. The molecule has 3 fully saturated rings. The molecule has 0 bridgehead atoms. The minimum atomic E-state index is -4.84. The lowest BCUT2D eigenvalue weighted by atomic mass is 9.80. The van der Waals surface area contributed by atoms with Crippen molar-refractivity contribution in [3.05, 3.63) is 59.1 Å². The molecule has 3 aliphatic rings. The minimum absolute atomic E-state index is 0.0388. The molecule has 7 rings (SSSR count). The molecular formula is C31H29F4N3O5S. The van der Waals surface area contributed by atoms with E-state index in [1.54, 1.807) is 18.2 Å². The van der Waals surface area contributed by atoms with E-state index in [4.69, 9.17) is 14.0 Å². The van der Waals surface area contributed by atoms with Gasteiger partial charge in [0, 0.05) is 30.1 Å². The summed E-state index contributed by atoms with van der Waals surface area (Å²) in [6.45, 7) is 1.74. The number of para-hydroxylation sites is 1. The highest BCUT2D eigenvalue weighted by Gasteiger charge is 2.40. The van der Waals surface area contributed by atoms with Crippen molar-refractivity contribution < 1.29 is 41.1 Å². The molecule has 13 heteroatoms. The average molecular weight is 632 g/mol. The molecule has 0 amide bonds. The van der Waals surface area contributed by atoms with Crippen LogP contribution in [0.3, 0.4) is 0 Å². The van der Waals surface area contributed by atoms with Crippen LogP contribution in [-0.4, -0.2) is 48.8 Å². The number of fused-ring (bicyclic) bond motifs is 2. The first kappa shape index (κ1) is 29.0. The maximum atomic E-state index is 14.7. The number of halogens is 4. The number of thiazole rings is 1. The SMILES string of the molecule is COC(=O)c1cc(F)c2nc(N3C[C@H]4CC[C@H](OCc5c(-c6ccccc6OC(F)(F)F)noc5C5CC5)C[C@H]4C3)sc2c1. The van der Waals surface area contributed by atoms with Crippen molar-refractivity contribution in [2.45, 2.75) is 57.1 Å². The maximum absolute atomic E-state index is 14.7. The smallest absolute Gasteiger partial charge is 0.465 e. The molecule has 0 spiro atoms. The van der Waals surface area contributed by atoms with Gasteiger partial charge in [-0.3, -0.25) is 0 Å². The Labute approximate surface area is 253 Å². The van der Waals surface area contributed by atoms with Gasteiger partial charge in [0.1, 0.15) is 22.7 Å². The van der Waals surface area contributed by atoms with Crippen LogP contribution >= 0.6 is 11.3 Å². The van der Waals surface area contributed by atoms with E-state index in [-0.39, 0.29) is 41.0 Å². The predicted octanol–water partition coefficient (Wildman–Crippen LogP) is 7.47. The molecule has 232 valence electrons. The Morgan fingerprint density at radius 3 is 2.68 bits per heavy atom. The van der Waals surface area contributed by atoms with E-state index in [9.17, 15) is 22.4 Å². The van der Waals surface area contributed by atoms with Gasteiger partial charge in [-0.15, -0.1) is 13.2 Å². The van der Waals surface area contributed by atoms with E-state index in [1.165, 1.54) is 30.6 Å². The Kier molecular flexibility index (Phi) is 7.48. The molecule has 0 N–H and O–H groups in total. The molecule has 3 atom stereocenters. The lowest BCUT2D eigenvalue weighted by Crippen LogP contribution is -2.28. The topological polar surface area (TPSA) is 86.9 Å². The summed E-state index contributed by atoms with van der Waals surface area (Å²) in [6, 6.07) is 8.70. The Morgan fingerprint density at radius 2 is 1.91 bits per heavy atom. The molecular weight excluding hydrogens is 602 g/mol. The van der Waals surface area contributed by atoms with Gasteiger partial charge in [-0.1, -0.05) is 28.6 Å². The van der Waals surface area contributed by atoms with Crippen LogP contribution < -0.4 is 9.64 Å². The zero-order valence-corrected chi connectivity index (χ0v) is 24.5. The second kappa shape index (κ2) is 11.3. The Hall–Kier alpha value is -3.71. The molecule has 0 radical (unpaired) electrons. The first-order valence-corrected chi connectivity index (χ1v) is 15.4. The van der Waals surface area contributed by atoms with Crippen molar-refractivity contribution in [3.8, 4) is 17.0 Å². The van der Waals surface area contributed by atoms with Gasteiger partial charge in [0.15, 0.2) is 10.9 Å². The van der Waals surface area contributed by atoms with Crippen molar-refractivity contribution in [2.24, 2.45) is 11.8 Å². The number of anilines is 1. The second-order valence-electron chi connectivity index (χ2n) is 11.7. The van der Waals surface area contributed by atoms with Crippen LogP contribution in [-0.2, 0) is 16.1 Å². The molecule has 0 unspecified atom stereocenters. The van der Waals surface area contributed by atoms with Crippen LogP contribution in [0.1, 0.15) is 59.7 Å². The number of methoxy groups -OCH3 is 1. The number of ether oxygens (including phenoxy) is 3. The number of rotatable bonds is 8. The fraction of sp³-hybridized carbons (Fsp3) is 0.452. The predicted molar refractivity (Wildman–Crippen MR) is 153 cm³/mol. The van der Waals surface area contributed by atoms with Gasteiger partial charge in [0.05, 0.1) is 30.1 Å². The molecule has 1 aliphatic heterocycles. The zero-order valence-electron chi connectivity index (χ0n) is 23.7. The van der Waals surface area contributed by atoms with Crippen molar-refractivity contribution in [1.82, 2.24) is 10.1 Å². The van der Waals surface area contributed by atoms with Gasteiger partial charge in [0.2, 0.25) is 0 Å². The van der Waals surface area contributed by atoms with Gasteiger partial charge >= 0.3 is 12.3 Å². The first-order valence-electron chi connectivity index (χ1n) is 14.6. The molecule has 44 heavy (non-hydrogen) atoms. The molecule has 3 heterocycles. The Balaban J connectivity index is 1.05. The monoisotopic (exact) mass is 631 g/mol. The fourth-order valence-corrected chi connectivity index (χ4v) is 7.50. The molecule has 2 aliphatic carbocycles. The summed E-state index contributed by atoms with van der Waals surface area (Å²) in [6.07, 6.45) is -0.390. The van der Waals surface area contributed by atoms with E-state index in [2.05, 4.69) is 19.8 Å². The van der Waals surface area contributed by atoms with Crippen LogP contribution in [0, 0.1) is 17.7 Å². The lowest BCUT2D eigenvalue weighted by Gasteiger charge is -2.30. The van der Waals surface area contributed by atoms with Gasteiger partial charge in [-0.05, 0) is 68.2 Å². The van der Waals surface area contributed by atoms with E-state index in [0.717, 1.165) is 56.4 Å². The van der Waals surface area contributed by atoms with Crippen LogP contribution in [0.2, 0.25) is 0 Å². The number of carbonyl (C=O) groups is 1. The molecule has 8 nitrogen and oxygen atoms in total. The molecule has 4 aromatic rings. The van der Waals surface area contributed by atoms with E-state index in [0.29, 0.717) is 33.6 Å². The quantitative estimate of drug-likeness (QED) is 0.146. The van der Waals surface area contributed by atoms with Gasteiger partial charge < -0.3 is 23.6 Å². The lowest BCUT2D eigenvalue weighted by molar-refractivity contribution is -0.274. The summed E-state index contributed by atoms with van der Waals surface area (Å²) in [5, 5.41) is 4.89. The highest BCUT2D eigenvalue weighted by Crippen LogP contribution is 2.47. The molecule has 2 saturated carbocycles. The molecule has 2 aromatic heterocycles. The number of esters is 1. The number of alkyl halides is 3. The van der Waals surface area contributed by atoms with Crippen LogP contribution in [0.5, 0.6) is 5.75 Å². The van der Waals surface area contributed by atoms with Gasteiger partial charge in [-0.25, -0.2) is 14.2 Å². The number of nitrogens with zero attached hydrogens (tertiary/aromatic N) is 3. The van der Waals surface area contributed by atoms with Crippen molar-refractivity contribution >= 4 is 32.7 Å². The largest absolute Gasteiger partial charge is 0.573 e. The first-order chi connectivity index (χ1) is 21.2. The van der Waals surface area contributed by atoms with Crippen LogP contribution in [0.4, 0.5) is 22.7 Å². The average Bonchev–Trinajstić information content (AvgIpc) is 3.40.